The van der Waals surface area contributed by atoms with Crippen molar-refractivity contribution >= 4 is 23.1 Å². The highest BCUT2D eigenvalue weighted by Gasteiger charge is 2.38. The van der Waals surface area contributed by atoms with Crippen LogP contribution in [-0.2, 0) is 24.2 Å². The van der Waals surface area contributed by atoms with Crippen molar-refractivity contribution < 1.29 is 32.4 Å². The van der Waals surface area contributed by atoms with E-state index in [2.05, 4.69) is 20.4 Å². The van der Waals surface area contributed by atoms with E-state index >= 15 is 0 Å². The summed E-state index contributed by atoms with van der Waals surface area (Å²) in [5, 5.41) is 16.6. The van der Waals surface area contributed by atoms with Gasteiger partial charge in [-0.3, -0.25) is 9.78 Å². The molecule has 4 rings (SSSR count). The molecule has 1 aliphatic heterocycles. The van der Waals surface area contributed by atoms with Gasteiger partial charge in [0.2, 0.25) is 11.7 Å². The second kappa shape index (κ2) is 9.57. The Bertz CT molecular complexity index is 1140. The van der Waals surface area contributed by atoms with Gasteiger partial charge in [-0.05, 0) is 54.9 Å². The van der Waals surface area contributed by atoms with Crippen molar-refractivity contribution in [3.63, 3.8) is 0 Å². The third-order valence-electron chi connectivity index (χ3n) is 4.62. The lowest BCUT2D eigenvalue weighted by Gasteiger charge is -2.19. The Balaban J connectivity index is 0.000000360. The lowest BCUT2D eigenvalue weighted by Crippen LogP contribution is -2.24. The first-order chi connectivity index (χ1) is 15.1. The first-order valence-electron chi connectivity index (χ1n) is 9.45. The van der Waals surface area contributed by atoms with Crippen molar-refractivity contribution in [1.82, 2.24) is 20.4 Å². The Labute approximate surface area is 184 Å². The van der Waals surface area contributed by atoms with Gasteiger partial charge in [0, 0.05) is 24.0 Å². The number of halogens is 3. The zero-order valence-corrected chi connectivity index (χ0v) is 17.9. The van der Waals surface area contributed by atoms with Crippen molar-refractivity contribution in [3.8, 4) is 11.4 Å². The molecule has 3 aromatic heterocycles. The van der Waals surface area contributed by atoms with E-state index in [4.69, 9.17) is 14.4 Å². The topological polar surface area (TPSA) is 118 Å². The van der Waals surface area contributed by atoms with Gasteiger partial charge in [-0.15, -0.1) is 11.3 Å². The van der Waals surface area contributed by atoms with Crippen LogP contribution in [0, 0.1) is 6.92 Å². The quantitative estimate of drug-likeness (QED) is 0.558. The van der Waals surface area contributed by atoms with E-state index in [1.54, 1.807) is 6.92 Å². The smallest absolute Gasteiger partial charge is 0.475 e. The summed E-state index contributed by atoms with van der Waals surface area (Å²) in [6.45, 7) is 5.31. The van der Waals surface area contributed by atoms with E-state index < -0.39 is 12.1 Å². The van der Waals surface area contributed by atoms with Gasteiger partial charge in [0.25, 0.3) is 0 Å². The minimum atomic E-state index is -5.08. The Morgan fingerprint density at radius 1 is 1.34 bits per heavy atom. The molecule has 170 valence electrons. The number of carbonyl (C=O) groups is 2. The van der Waals surface area contributed by atoms with E-state index in [1.807, 2.05) is 24.6 Å². The van der Waals surface area contributed by atoms with E-state index in [0.29, 0.717) is 18.1 Å². The van der Waals surface area contributed by atoms with Gasteiger partial charge < -0.3 is 14.9 Å². The molecule has 0 atom stereocenters. The highest BCUT2D eigenvalue weighted by Crippen LogP contribution is 2.29. The first kappa shape index (κ1) is 23.5. The van der Waals surface area contributed by atoms with E-state index in [9.17, 15) is 18.0 Å². The number of fused-ring (bicyclic) bond motifs is 1. The predicted molar refractivity (Wildman–Crippen MR) is 108 cm³/mol. The summed E-state index contributed by atoms with van der Waals surface area (Å²) < 4.78 is 37.2. The average Bonchev–Trinajstić information content (AvgIpc) is 3.38. The van der Waals surface area contributed by atoms with Gasteiger partial charge in [-0.1, -0.05) is 5.16 Å². The van der Waals surface area contributed by atoms with Crippen LogP contribution in [-0.4, -0.2) is 44.7 Å². The number of rotatable bonds is 4. The standard InChI is InChI=1S/C18H18N4O2S.C2HF3O2/c1-10-17(14-3-4-19-7-13(14)8-20-10)18-21-16(24-22-18)6-12-5-15(11(2)23)25-9-12;3-2(4,5)1(6)7/h5,8-9,19H,3-4,6-7H2,1-2H3;(H,6,7). The summed E-state index contributed by atoms with van der Waals surface area (Å²) in [6, 6.07) is 1.89. The Hall–Kier alpha value is -3.12. The number of nitrogens with zero attached hydrogens (tertiary/aromatic N) is 3. The second-order valence-electron chi connectivity index (χ2n) is 7.02. The molecule has 1 aliphatic rings. The number of aliphatic carboxylic acids is 1. The second-order valence-corrected chi connectivity index (χ2v) is 7.93. The lowest BCUT2D eigenvalue weighted by molar-refractivity contribution is -0.192. The molecule has 0 saturated carbocycles. The van der Waals surface area contributed by atoms with Crippen LogP contribution in [0.15, 0.2) is 22.2 Å². The number of carboxylic acids is 1. The molecule has 4 heterocycles. The molecule has 32 heavy (non-hydrogen) atoms. The highest BCUT2D eigenvalue weighted by molar-refractivity contribution is 7.12. The summed E-state index contributed by atoms with van der Waals surface area (Å²) in [5.74, 6) is -1.53. The van der Waals surface area contributed by atoms with Gasteiger partial charge >= 0.3 is 12.1 Å². The maximum absolute atomic E-state index is 11.4. The molecule has 0 radical (unpaired) electrons. The summed E-state index contributed by atoms with van der Waals surface area (Å²) in [6.07, 6.45) is -1.69. The van der Waals surface area contributed by atoms with Crippen LogP contribution in [0.4, 0.5) is 13.2 Å². The zero-order chi connectivity index (χ0) is 23.5. The largest absolute Gasteiger partial charge is 0.490 e. The zero-order valence-electron chi connectivity index (χ0n) is 17.1. The summed E-state index contributed by atoms with van der Waals surface area (Å²) >= 11 is 1.44. The first-order valence-corrected chi connectivity index (χ1v) is 10.3. The molecule has 0 aromatic carbocycles. The van der Waals surface area contributed by atoms with E-state index in [0.717, 1.165) is 41.2 Å². The number of aromatic nitrogens is 3. The Kier molecular flexibility index (Phi) is 7.04. The number of carboxylic acid groups (broad SMARTS) is 1. The third kappa shape index (κ3) is 5.56. The van der Waals surface area contributed by atoms with Crippen LogP contribution < -0.4 is 5.32 Å². The number of carbonyl (C=O) groups excluding carboxylic acids is 1. The van der Waals surface area contributed by atoms with Gasteiger partial charge in [-0.25, -0.2) is 4.79 Å². The van der Waals surface area contributed by atoms with Crippen LogP contribution in [0.1, 0.15) is 44.9 Å². The Morgan fingerprint density at radius 3 is 2.69 bits per heavy atom. The SMILES string of the molecule is CC(=O)c1cc(Cc2nc(-c3c(C)ncc4c3CCNC4)no2)cs1.O=C(O)C(F)(F)F. The van der Waals surface area contributed by atoms with Crippen molar-refractivity contribution in [1.29, 1.82) is 0 Å². The molecule has 0 amide bonds. The predicted octanol–water partition coefficient (Wildman–Crippen LogP) is 3.57. The number of aryl methyl sites for hydroxylation is 1. The number of alkyl halides is 3. The van der Waals surface area contributed by atoms with Crippen LogP contribution in [0.2, 0.25) is 0 Å². The molecule has 0 aliphatic carbocycles. The average molecular weight is 468 g/mol. The van der Waals surface area contributed by atoms with Crippen molar-refractivity contribution in [3.05, 3.63) is 50.8 Å². The fourth-order valence-electron chi connectivity index (χ4n) is 3.12. The molecule has 8 nitrogen and oxygen atoms in total. The lowest BCUT2D eigenvalue weighted by atomic mass is 9.95. The van der Waals surface area contributed by atoms with Crippen LogP contribution in [0.25, 0.3) is 11.4 Å². The molecule has 3 aromatic rings. The molecule has 0 spiro atoms. The summed E-state index contributed by atoms with van der Waals surface area (Å²) in [7, 11) is 0. The number of hydrogen-bond donors (Lipinski definition) is 2. The molecule has 2 N–H and O–H groups in total. The van der Waals surface area contributed by atoms with Gasteiger partial charge in [-0.2, -0.15) is 18.2 Å². The minimum absolute atomic E-state index is 0.0775. The van der Waals surface area contributed by atoms with Crippen molar-refractivity contribution in [2.24, 2.45) is 0 Å². The van der Waals surface area contributed by atoms with Crippen LogP contribution >= 0.6 is 11.3 Å². The number of hydrogen-bond acceptors (Lipinski definition) is 8. The molecule has 0 unspecified atom stereocenters. The number of ketones is 1. The number of Topliss-reactive ketones (excluding diaryl/α,β-unsaturated/α-hetero) is 1. The summed E-state index contributed by atoms with van der Waals surface area (Å²) in [4.78, 5) is 30.1. The molecule has 0 fully saturated rings. The highest BCUT2D eigenvalue weighted by atomic mass is 32.1. The van der Waals surface area contributed by atoms with Gasteiger partial charge in [0.15, 0.2) is 5.78 Å². The van der Waals surface area contributed by atoms with E-state index in [-0.39, 0.29) is 5.78 Å². The molecule has 0 bridgehead atoms. The number of nitrogens with one attached hydrogen (secondary N) is 1. The van der Waals surface area contributed by atoms with Gasteiger partial charge in [0.05, 0.1) is 11.3 Å². The molecule has 0 saturated heterocycles. The Morgan fingerprint density at radius 2 is 2.06 bits per heavy atom. The summed E-state index contributed by atoms with van der Waals surface area (Å²) in [5.41, 5.74) is 5.38. The fourth-order valence-corrected chi connectivity index (χ4v) is 3.94. The monoisotopic (exact) mass is 468 g/mol. The number of pyridine rings is 1. The fraction of sp³-hybridized carbons (Fsp3) is 0.350. The van der Waals surface area contributed by atoms with Crippen LogP contribution in [0.3, 0.4) is 0 Å². The van der Waals surface area contributed by atoms with Gasteiger partial charge in [0.1, 0.15) is 0 Å². The maximum atomic E-state index is 11.4. The third-order valence-corrected chi connectivity index (χ3v) is 5.70. The number of thiophene rings is 1. The molecular weight excluding hydrogens is 449 g/mol. The van der Waals surface area contributed by atoms with Crippen LogP contribution in [0.5, 0.6) is 0 Å². The maximum Gasteiger partial charge on any atom is 0.490 e. The molecule has 12 heteroatoms. The molecular formula is C20H19F3N4O4S. The van der Waals surface area contributed by atoms with E-state index in [1.165, 1.54) is 22.5 Å². The normalized spacial score (nSPS) is 13.2. The van der Waals surface area contributed by atoms with Crippen molar-refractivity contribution in [2.75, 3.05) is 6.54 Å². The van der Waals surface area contributed by atoms with Crippen molar-refractivity contribution in [2.45, 2.75) is 39.4 Å². The minimum Gasteiger partial charge on any atom is -0.475 e.